The third kappa shape index (κ3) is 7.43. The van der Waals surface area contributed by atoms with Gasteiger partial charge in [-0.05, 0) is 66.6 Å². The molecule has 0 saturated heterocycles. The topological polar surface area (TPSA) is 0 Å². The Morgan fingerprint density at radius 3 is 1.70 bits per heavy atom. The van der Waals surface area contributed by atoms with Crippen molar-refractivity contribution >= 4 is 0 Å². The zero-order valence-electron chi connectivity index (χ0n) is 18.8. The van der Waals surface area contributed by atoms with Crippen molar-refractivity contribution in [3.8, 4) is 23.7 Å². The highest BCUT2D eigenvalue weighted by molar-refractivity contribution is 5.46. The second-order valence-electron chi connectivity index (χ2n) is 8.75. The van der Waals surface area contributed by atoms with Gasteiger partial charge in [-0.3, -0.25) is 0 Å². The lowest BCUT2D eigenvalue weighted by Crippen LogP contribution is -2.15. The van der Waals surface area contributed by atoms with Gasteiger partial charge in [0.2, 0.25) is 0 Å². The van der Waals surface area contributed by atoms with Crippen LogP contribution in [0.5, 0.6) is 0 Å². The van der Waals surface area contributed by atoms with E-state index in [9.17, 15) is 0 Å². The first kappa shape index (κ1) is 22.2. The minimum atomic E-state index is 0.887. The Bertz CT molecular complexity index is 870. The summed E-state index contributed by atoms with van der Waals surface area (Å²) in [4.78, 5) is 0. The number of hydrogen-bond acceptors (Lipinski definition) is 0. The minimum absolute atomic E-state index is 0.887. The largest absolute Gasteiger partial charge is 0.0982 e. The maximum atomic E-state index is 3.29. The van der Waals surface area contributed by atoms with Crippen LogP contribution in [0, 0.1) is 35.5 Å². The summed E-state index contributed by atoms with van der Waals surface area (Å²) in [6.07, 6.45) is 13.5. The summed E-state index contributed by atoms with van der Waals surface area (Å²) in [6.45, 7) is 4.38. The number of rotatable bonds is 6. The molecule has 0 amide bonds. The van der Waals surface area contributed by atoms with Crippen LogP contribution in [0.1, 0.15) is 93.9 Å². The molecule has 0 bridgehead atoms. The van der Waals surface area contributed by atoms with Crippen LogP contribution in [-0.4, -0.2) is 0 Å². The van der Waals surface area contributed by atoms with Crippen molar-refractivity contribution in [3.63, 3.8) is 0 Å². The van der Waals surface area contributed by atoms with Crippen molar-refractivity contribution in [2.75, 3.05) is 0 Å². The zero-order chi connectivity index (χ0) is 21.0. The lowest BCUT2D eigenvalue weighted by atomic mass is 9.78. The third-order valence-corrected chi connectivity index (χ3v) is 6.37. The van der Waals surface area contributed by atoms with E-state index in [0.29, 0.717) is 0 Å². The molecule has 2 aromatic carbocycles. The third-order valence-electron chi connectivity index (χ3n) is 6.37. The molecule has 1 fully saturated rings. The maximum absolute atomic E-state index is 3.29. The van der Waals surface area contributed by atoms with Gasteiger partial charge in [0, 0.05) is 23.1 Å². The number of aryl methyl sites for hydroxylation is 1. The molecule has 3 rings (SSSR count). The van der Waals surface area contributed by atoms with Gasteiger partial charge >= 0.3 is 0 Å². The van der Waals surface area contributed by atoms with E-state index in [1.807, 2.05) is 12.1 Å². The van der Waals surface area contributed by atoms with Crippen molar-refractivity contribution < 1.29 is 0 Å². The molecular weight excluding hydrogens is 360 g/mol. The molecule has 0 nitrogen and oxygen atoms in total. The van der Waals surface area contributed by atoms with Crippen LogP contribution in [0.3, 0.4) is 0 Å². The zero-order valence-corrected chi connectivity index (χ0v) is 18.8. The van der Waals surface area contributed by atoms with Crippen LogP contribution in [0.4, 0.5) is 0 Å². The molecule has 0 unspecified atom stereocenters. The van der Waals surface area contributed by atoms with Crippen molar-refractivity contribution in [1.82, 2.24) is 0 Å². The van der Waals surface area contributed by atoms with Crippen molar-refractivity contribution in [1.29, 1.82) is 0 Å². The fraction of sp³-hybridized carbons (Fsp3) is 0.467. The summed E-state index contributed by atoms with van der Waals surface area (Å²) in [6, 6.07) is 17.1. The average Bonchev–Trinajstić information content (AvgIpc) is 2.80. The van der Waals surface area contributed by atoms with Crippen molar-refractivity contribution in [2.45, 2.75) is 78.1 Å². The second kappa shape index (κ2) is 12.3. The fourth-order valence-electron chi connectivity index (χ4n) is 4.40. The van der Waals surface area contributed by atoms with Crippen molar-refractivity contribution in [3.05, 3.63) is 70.8 Å². The van der Waals surface area contributed by atoms with Gasteiger partial charge in [0.05, 0.1) is 0 Å². The Balaban J connectivity index is 1.45. The number of unbranched alkanes of at least 4 members (excludes halogenated alkanes) is 1. The fourth-order valence-corrected chi connectivity index (χ4v) is 4.40. The van der Waals surface area contributed by atoms with Gasteiger partial charge in [-0.2, -0.15) is 0 Å². The lowest BCUT2D eigenvalue weighted by Gasteiger charge is -2.28. The molecule has 2 aromatic rings. The maximum Gasteiger partial charge on any atom is 0.0249 e. The molecule has 0 N–H and O–H groups in total. The lowest BCUT2D eigenvalue weighted by molar-refractivity contribution is 0.250. The summed E-state index contributed by atoms with van der Waals surface area (Å²) in [5.74, 6) is 14.8. The highest BCUT2D eigenvalue weighted by Crippen LogP contribution is 2.34. The second-order valence-corrected chi connectivity index (χ2v) is 8.75. The van der Waals surface area contributed by atoms with Crippen LogP contribution in [-0.2, 0) is 6.42 Å². The van der Waals surface area contributed by atoms with Gasteiger partial charge in [0.1, 0.15) is 0 Å². The smallest absolute Gasteiger partial charge is 0.0249 e. The predicted molar refractivity (Wildman–Crippen MR) is 129 cm³/mol. The van der Waals surface area contributed by atoms with Gasteiger partial charge < -0.3 is 0 Å². The first-order valence-corrected chi connectivity index (χ1v) is 12.0. The summed E-state index contributed by atoms with van der Waals surface area (Å²) >= 11 is 0. The van der Waals surface area contributed by atoms with E-state index in [2.05, 4.69) is 73.9 Å². The summed E-state index contributed by atoms with van der Waals surface area (Å²) in [5.41, 5.74) is 4.63. The Labute approximate surface area is 184 Å². The van der Waals surface area contributed by atoms with Crippen LogP contribution < -0.4 is 0 Å². The standard InChI is InChI=1S/C30H36/c1-3-5-7-25-9-13-27(14-10-25)17-19-29-21-23-30(24-22-29)20-18-28-15-11-26(12-16-28)8-6-4-2/h11-12,15-16,21-25,27H,3-5,7,9-10,13-14,17,19H2,1-2H3/t25-,27-. The van der Waals surface area contributed by atoms with E-state index in [1.54, 1.807) is 0 Å². The molecule has 1 aliphatic rings. The van der Waals surface area contributed by atoms with Crippen LogP contribution >= 0.6 is 0 Å². The van der Waals surface area contributed by atoms with Crippen molar-refractivity contribution in [2.24, 2.45) is 11.8 Å². The molecule has 0 heterocycles. The van der Waals surface area contributed by atoms with E-state index in [-0.39, 0.29) is 0 Å². The molecule has 0 spiro atoms. The first-order valence-electron chi connectivity index (χ1n) is 12.0. The van der Waals surface area contributed by atoms with Gasteiger partial charge in [0.15, 0.2) is 0 Å². The SMILES string of the molecule is CCC#Cc1ccc(C#Cc2ccc(CC[C@H]3CC[C@H](CCCC)CC3)cc2)cc1. The Hall–Kier alpha value is -2.44. The van der Waals surface area contributed by atoms with Gasteiger partial charge in [-0.15, -0.1) is 0 Å². The summed E-state index contributed by atoms with van der Waals surface area (Å²) in [5, 5.41) is 0. The van der Waals surface area contributed by atoms with E-state index >= 15 is 0 Å². The molecule has 0 aromatic heterocycles. The quantitative estimate of drug-likeness (QED) is 0.437. The number of benzene rings is 2. The Kier molecular flexibility index (Phi) is 9.12. The Morgan fingerprint density at radius 2 is 1.17 bits per heavy atom. The normalized spacial score (nSPS) is 18.1. The molecule has 1 saturated carbocycles. The highest BCUT2D eigenvalue weighted by atomic mass is 14.3. The van der Waals surface area contributed by atoms with E-state index in [1.165, 1.54) is 63.4 Å². The molecular formula is C30H36. The molecule has 0 atom stereocenters. The van der Waals surface area contributed by atoms with Gasteiger partial charge in [-0.25, -0.2) is 0 Å². The number of hydrogen-bond donors (Lipinski definition) is 0. The molecule has 1 aliphatic carbocycles. The molecule has 0 radical (unpaired) electrons. The van der Waals surface area contributed by atoms with Crippen LogP contribution in [0.2, 0.25) is 0 Å². The predicted octanol–water partition coefficient (Wildman–Crippen LogP) is 7.78. The van der Waals surface area contributed by atoms with Gasteiger partial charge in [-0.1, -0.05) is 94.6 Å². The average molecular weight is 397 g/mol. The summed E-state index contributed by atoms with van der Waals surface area (Å²) < 4.78 is 0. The molecule has 0 heteroatoms. The van der Waals surface area contributed by atoms with Crippen LogP contribution in [0.15, 0.2) is 48.5 Å². The van der Waals surface area contributed by atoms with Crippen LogP contribution in [0.25, 0.3) is 0 Å². The Morgan fingerprint density at radius 1 is 0.667 bits per heavy atom. The molecule has 0 aliphatic heterocycles. The van der Waals surface area contributed by atoms with E-state index < -0.39 is 0 Å². The minimum Gasteiger partial charge on any atom is -0.0982 e. The van der Waals surface area contributed by atoms with E-state index in [0.717, 1.165) is 34.9 Å². The highest BCUT2D eigenvalue weighted by Gasteiger charge is 2.20. The summed E-state index contributed by atoms with van der Waals surface area (Å²) in [7, 11) is 0. The molecule has 30 heavy (non-hydrogen) atoms. The monoisotopic (exact) mass is 396 g/mol. The van der Waals surface area contributed by atoms with Gasteiger partial charge in [0.25, 0.3) is 0 Å². The van der Waals surface area contributed by atoms with E-state index in [4.69, 9.17) is 0 Å². The first-order chi connectivity index (χ1) is 14.8. The molecule has 156 valence electrons.